The largest absolute Gasteiger partial charge is 0.493 e. The summed E-state index contributed by atoms with van der Waals surface area (Å²) in [5.41, 5.74) is 1.24. The van der Waals surface area contributed by atoms with E-state index < -0.39 is 6.04 Å². The number of methoxy groups -OCH3 is 1. The van der Waals surface area contributed by atoms with Crippen LogP contribution in [0.15, 0.2) is 52.3 Å². The van der Waals surface area contributed by atoms with Gasteiger partial charge >= 0.3 is 0 Å². The van der Waals surface area contributed by atoms with E-state index in [4.69, 9.17) is 18.6 Å². The van der Waals surface area contributed by atoms with E-state index in [9.17, 15) is 9.59 Å². The highest BCUT2D eigenvalue weighted by molar-refractivity contribution is 6.11. The minimum atomic E-state index is -0.573. The summed E-state index contributed by atoms with van der Waals surface area (Å²) in [6, 6.07) is 8.66. The number of amides is 1. The molecule has 1 fully saturated rings. The average Bonchev–Trinajstić information content (AvgIpc) is 3.45. The second-order valence-electron chi connectivity index (χ2n) is 9.68. The molecule has 3 unspecified atom stereocenters. The molecule has 0 radical (unpaired) electrons. The Morgan fingerprint density at radius 1 is 1.12 bits per heavy atom. The van der Waals surface area contributed by atoms with Crippen LogP contribution in [0.4, 0.5) is 0 Å². The molecule has 3 aliphatic rings. The van der Waals surface area contributed by atoms with Gasteiger partial charge in [0.05, 0.1) is 44.1 Å². The first-order valence-electron chi connectivity index (χ1n) is 12.1. The number of carbonyl (C=O) groups is 2. The smallest absolute Gasteiger partial charge is 0.290 e. The van der Waals surface area contributed by atoms with Crippen LogP contribution in [0.25, 0.3) is 0 Å². The van der Waals surface area contributed by atoms with E-state index in [1.165, 1.54) is 0 Å². The van der Waals surface area contributed by atoms with E-state index in [1.807, 2.05) is 24.3 Å². The van der Waals surface area contributed by atoms with Crippen LogP contribution < -0.4 is 9.47 Å². The summed E-state index contributed by atoms with van der Waals surface area (Å²) in [5.74, 6) is 1.98. The van der Waals surface area contributed by atoms with Gasteiger partial charge in [0.25, 0.3) is 5.91 Å². The Bertz CT molecular complexity index is 1100. The fourth-order valence-electron chi connectivity index (χ4n) is 5.20. The van der Waals surface area contributed by atoms with Gasteiger partial charge in [-0.15, -0.1) is 0 Å². The zero-order valence-electron chi connectivity index (χ0n) is 19.9. The van der Waals surface area contributed by atoms with Crippen molar-refractivity contribution in [3.63, 3.8) is 0 Å². The SMILES string of the molecule is COc1cc(C2C3=C(OC4CCCCC4C3=O)C(=O)N2Cc2ccco2)ccc1OCC(C)C. The van der Waals surface area contributed by atoms with Crippen LogP contribution in [-0.2, 0) is 20.9 Å². The van der Waals surface area contributed by atoms with E-state index in [0.717, 1.165) is 31.2 Å². The highest BCUT2D eigenvalue weighted by Gasteiger charge is 2.52. The molecule has 1 aliphatic carbocycles. The molecule has 5 rings (SSSR count). The number of ketones is 1. The number of nitrogens with zero attached hydrogens (tertiary/aromatic N) is 1. The Morgan fingerprint density at radius 3 is 2.68 bits per heavy atom. The maximum absolute atomic E-state index is 13.7. The number of carbonyl (C=O) groups excluding carboxylic acids is 2. The van der Waals surface area contributed by atoms with Gasteiger partial charge in [-0.2, -0.15) is 0 Å². The first-order chi connectivity index (χ1) is 16.5. The normalized spacial score (nSPS) is 24.2. The lowest BCUT2D eigenvalue weighted by Gasteiger charge is -2.35. The first kappa shape index (κ1) is 22.6. The van der Waals surface area contributed by atoms with Crippen LogP contribution >= 0.6 is 0 Å². The van der Waals surface area contributed by atoms with Crippen molar-refractivity contribution in [1.29, 1.82) is 0 Å². The second-order valence-corrected chi connectivity index (χ2v) is 9.68. The van der Waals surface area contributed by atoms with Crippen LogP contribution in [0.3, 0.4) is 0 Å². The van der Waals surface area contributed by atoms with Crippen LogP contribution in [0, 0.1) is 11.8 Å². The van der Waals surface area contributed by atoms with Crippen molar-refractivity contribution in [3.8, 4) is 11.5 Å². The summed E-state index contributed by atoms with van der Waals surface area (Å²) >= 11 is 0. The average molecular weight is 466 g/mol. The molecule has 180 valence electrons. The maximum atomic E-state index is 13.7. The summed E-state index contributed by atoms with van der Waals surface area (Å²) < 4.78 is 23.3. The molecule has 2 aliphatic heterocycles. The lowest BCUT2D eigenvalue weighted by atomic mass is 9.77. The third-order valence-electron chi connectivity index (χ3n) is 6.84. The Hall–Kier alpha value is -3.22. The lowest BCUT2D eigenvalue weighted by molar-refractivity contribution is -0.135. The zero-order chi connectivity index (χ0) is 23.8. The van der Waals surface area contributed by atoms with Crippen molar-refractivity contribution in [3.05, 3.63) is 59.3 Å². The van der Waals surface area contributed by atoms with E-state index in [0.29, 0.717) is 35.4 Å². The van der Waals surface area contributed by atoms with Crippen LogP contribution in [0.5, 0.6) is 11.5 Å². The number of Topliss-reactive ketones (excluding diaryl/α,β-unsaturated/α-hetero) is 1. The van der Waals surface area contributed by atoms with Gasteiger partial charge in [0.15, 0.2) is 23.0 Å². The number of furan rings is 1. The highest BCUT2D eigenvalue weighted by Crippen LogP contribution is 2.48. The summed E-state index contributed by atoms with van der Waals surface area (Å²) in [4.78, 5) is 29.0. The topological polar surface area (TPSA) is 78.2 Å². The third kappa shape index (κ3) is 3.97. The predicted molar refractivity (Wildman–Crippen MR) is 124 cm³/mol. The molecule has 0 spiro atoms. The Kier molecular flexibility index (Phi) is 6.11. The monoisotopic (exact) mass is 465 g/mol. The van der Waals surface area contributed by atoms with Gasteiger partial charge in [0.2, 0.25) is 0 Å². The molecule has 0 saturated heterocycles. The van der Waals surface area contributed by atoms with E-state index in [-0.39, 0.29) is 36.0 Å². The van der Waals surface area contributed by atoms with Gasteiger partial charge in [-0.05, 0) is 55.0 Å². The van der Waals surface area contributed by atoms with Gasteiger partial charge < -0.3 is 23.5 Å². The Morgan fingerprint density at radius 2 is 1.94 bits per heavy atom. The molecule has 1 aromatic heterocycles. The van der Waals surface area contributed by atoms with Crippen molar-refractivity contribution in [2.75, 3.05) is 13.7 Å². The van der Waals surface area contributed by atoms with Gasteiger partial charge in [-0.1, -0.05) is 26.3 Å². The fourth-order valence-corrected chi connectivity index (χ4v) is 5.20. The summed E-state index contributed by atoms with van der Waals surface area (Å²) in [6.07, 6.45) is 4.99. The molecule has 1 saturated carbocycles. The van der Waals surface area contributed by atoms with Gasteiger partial charge in [-0.3, -0.25) is 9.59 Å². The summed E-state index contributed by atoms with van der Waals surface area (Å²) in [7, 11) is 1.59. The zero-order valence-corrected chi connectivity index (χ0v) is 19.9. The third-order valence-corrected chi connectivity index (χ3v) is 6.84. The molecule has 0 bridgehead atoms. The van der Waals surface area contributed by atoms with Gasteiger partial charge in [0.1, 0.15) is 11.9 Å². The highest BCUT2D eigenvalue weighted by atomic mass is 16.5. The molecule has 34 heavy (non-hydrogen) atoms. The van der Waals surface area contributed by atoms with Crippen LogP contribution in [0.2, 0.25) is 0 Å². The molecular weight excluding hydrogens is 434 g/mol. The minimum Gasteiger partial charge on any atom is -0.493 e. The molecule has 7 nitrogen and oxygen atoms in total. The van der Waals surface area contributed by atoms with Crippen molar-refractivity contribution in [2.24, 2.45) is 11.8 Å². The number of hydrogen-bond donors (Lipinski definition) is 0. The van der Waals surface area contributed by atoms with E-state index in [2.05, 4.69) is 13.8 Å². The number of rotatable bonds is 7. The van der Waals surface area contributed by atoms with E-state index in [1.54, 1.807) is 24.3 Å². The summed E-state index contributed by atoms with van der Waals surface area (Å²) in [5, 5.41) is 0. The van der Waals surface area contributed by atoms with Crippen molar-refractivity contribution >= 4 is 11.7 Å². The van der Waals surface area contributed by atoms with Crippen molar-refractivity contribution in [1.82, 2.24) is 4.90 Å². The van der Waals surface area contributed by atoms with E-state index >= 15 is 0 Å². The standard InChI is InChI=1S/C27H31NO6/c1-16(2)15-33-21-11-10-17(13-22(21)31-3)24-23-25(29)19-8-4-5-9-20(19)34-26(23)27(30)28(24)14-18-7-6-12-32-18/h6-7,10-13,16,19-20,24H,4-5,8-9,14-15H2,1-3H3. The number of fused-ring (bicyclic) bond motifs is 1. The molecule has 7 heteroatoms. The first-order valence-corrected chi connectivity index (χ1v) is 12.1. The molecule has 1 amide bonds. The quantitative estimate of drug-likeness (QED) is 0.584. The van der Waals surface area contributed by atoms with Gasteiger partial charge in [0, 0.05) is 0 Å². The summed E-state index contributed by atoms with van der Waals surface area (Å²) in [6.45, 7) is 4.97. The van der Waals surface area contributed by atoms with Crippen LogP contribution in [-0.4, -0.2) is 36.4 Å². The van der Waals surface area contributed by atoms with Crippen LogP contribution in [0.1, 0.15) is 56.9 Å². The number of hydrogen-bond acceptors (Lipinski definition) is 6. The Labute approximate surface area is 199 Å². The molecule has 3 heterocycles. The minimum absolute atomic E-state index is 0.0327. The molecule has 0 N–H and O–H groups in total. The maximum Gasteiger partial charge on any atom is 0.290 e. The number of ether oxygens (including phenoxy) is 3. The molecule has 2 aromatic rings. The molecule has 3 atom stereocenters. The number of benzene rings is 1. The molecule has 1 aromatic carbocycles. The second kappa shape index (κ2) is 9.20. The van der Waals surface area contributed by atoms with Gasteiger partial charge in [-0.25, -0.2) is 0 Å². The van der Waals surface area contributed by atoms with Crippen molar-refractivity contribution in [2.45, 2.75) is 58.2 Å². The molecular formula is C27H31NO6. The lowest BCUT2D eigenvalue weighted by Crippen LogP contribution is -2.39. The predicted octanol–water partition coefficient (Wildman–Crippen LogP) is 4.82. The van der Waals surface area contributed by atoms with Crippen molar-refractivity contribution < 1.29 is 28.2 Å². The fraction of sp³-hybridized carbons (Fsp3) is 0.481. The Balaban J connectivity index is 1.55.